The number of nitrogens with zero attached hydrogens (tertiary/aromatic N) is 2. The van der Waals surface area contributed by atoms with Crippen LogP contribution in [-0.2, 0) is 4.74 Å². The number of likely N-dealkylation sites (N-methyl/N-ethyl adjacent to an activating group) is 1. The van der Waals surface area contributed by atoms with Gasteiger partial charge < -0.3 is 15.0 Å². The van der Waals surface area contributed by atoms with Crippen LogP contribution in [0.1, 0.15) is 38.2 Å². The summed E-state index contributed by atoms with van der Waals surface area (Å²) >= 11 is 1.75. The second kappa shape index (κ2) is 11.3. The molecule has 23 heavy (non-hydrogen) atoms. The molecule has 0 spiro atoms. The van der Waals surface area contributed by atoms with Crippen LogP contribution in [0.4, 0.5) is 0 Å². The highest BCUT2D eigenvalue weighted by Crippen LogP contribution is 2.28. The molecule has 0 amide bonds. The Hall–Kier alpha value is -0.340. The predicted octanol–water partition coefficient (Wildman–Crippen LogP) is 3.79. The third-order valence-corrected chi connectivity index (χ3v) is 4.65. The molecule has 1 atom stereocenters. The Morgan fingerprint density at radius 1 is 1.52 bits per heavy atom. The van der Waals surface area contributed by atoms with Crippen molar-refractivity contribution in [2.24, 2.45) is 10.9 Å². The lowest BCUT2D eigenvalue weighted by atomic mass is 10.1. The molecule has 0 bridgehead atoms. The Kier molecular flexibility index (Phi) is 10.1. The first-order valence-corrected chi connectivity index (χ1v) is 9.24. The summed E-state index contributed by atoms with van der Waals surface area (Å²) in [7, 11) is 2.08. The van der Waals surface area contributed by atoms with Gasteiger partial charge in [-0.3, -0.25) is 4.99 Å². The van der Waals surface area contributed by atoms with Crippen LogP contribution in [0.3, 0.4) is 0 Å². The van der Waals surface area contributed by atoms with Crippen LogP contribution in [0.25, 0.3) is 0 Å². The molecule has 4 nitrogen and oxygen atoms in total. The van der Waals surface area contributed by atoms with E-state index >= 15 is 0 Å². The predicted molar refractivity (Wildman–Crippen MR) is 110 cm³/mol. The number of hydrogen-bond donors (Lipinski definition) is 1. The molecule has 132 valence electrons. The molecule has 1 saturated carbocycles. The van der Waals surface area contributed by atoms with E-state index in [1.165, 1.54) is 18.4 Å². The molecule has 2 rings (SSSR count). The Balaban J connectivity index is 0.00000264. The molecule has 0 saturated heterocycles. The van der Waals surface area contributed by atoms with Gasteiger partial charge in [0.15, 0.2) is 5.96 Å². The number of thiophene rings is 1. The van der Waals surface area contributed by atoms with Crippen LogP contribution in [0, 0.1) is 5.92 Å². The molecule has 1 aromatic rings. The van der Waals surface area contributed by atoms with Gasteiger partial charge in [0.25, 0.3) is 0 Å². The molecule has 1 fully saturated rings. The van der Waals surface area contributed by atoms with Gasteiger partial charge >= 0.3 is 0 Å². The van der Waals surface area contributed by atoms with E-state index in [0.717, 1.165) is 44.7 Å². The first kappa shape index (κ1) is 20.7. The maximum atomic E-state index is 5.72. The summed E-state index contributed by atoms with van der Waals surface area (Å²) < 4.78 is 5.72. The fourth-order valence-electron chi connectivity index (χ4n) is 2.20. The SMILES string of the molecule is CCNC(=NCC(C)c1ccsc1)N(C)CCOCC1CC1.I. The average molecular weight is 451 g/mol. The van der Waals surface area contributed by atoms with Crippen molar-refractivity contribution in [3.8, 4) is 0 Å². The second-order valence-corrected chi connectivity index (χ2v) is 6.87. The van der Waals surface area contributed by atoms with Gasteiger partial charge in [-0.15, -0.1) is 24.0 Å². The molecule has 1 aliphatic rings. The first-order chi connectivity index (χ1) is 10.7. The molecule has 0 aliphatic heterocycles. The van der Waals surface area contributed by atoms with E-state index in [9.17, 15) is 0 Å². The van der Waals surface area contributed by atoms with Crippen molar-refractivity contribution in [3.63, 3.8) is 0 Å². The lowest BCUT2D eigenvalue weighted by Gasteiger charge is -2.22. The smallest absolute Gasteiger partial charge is 0.193 e. The lowest BCUT2D eigenvalue weighted by Crippen LogP contribution is -2.40. The third kappa shape index (κ3) is 7.85. The van der Waals surface area contributed by atoms with Gasteiger partial charge in [0.2, 0.25) is 0 Å². The highest BCUT2D eigenvalue weighted by molar-refractivity contribution is 14.0. The summed E-state index contributed by atoms with van der Waals surface area (Å²) in [5.41, 5.74) is 1.38. The van der Waals surface area contributed by atoms with Crippen molar-refractivity contribution < 1.29 is 4.74 Å². The van der Waals surface area contributed by atoms with Crippen LogP contribution >= 0.6 is 35.3 Å². The minimum Gasteiger partial charge on any atom is -0.379 e. The van der Waals surface area contributed by atoms with Crippen molar-refractivity contribution in [2.75, 3.05) is 39.9 Å². The maximum absolute atomic E-state index is 5.72. The molecule has 0 aromatic carbocycles. The molecule has 1 N–H and O–H groups in total. The molecule has 1 aliphatic carbocycles. The molecule has 6 heteroatoms. The summed E-state index contributed by atoms with van der Waals surface area (Å²) in [5.74, 6) is 2.26. The van der Waals surface area contributed by atoms with Crippen LogP contribution in [0.15, 0.2) is 21.8 Å². The summed E-state index contributed by atoms with van der Waals surface area (Å²) in [6.07, 6.45) is 2.70. The quantitative estimate of drug-likeness (QED) is 0.269. The number of rotatable bonds is 9. The fraction of sp³-hybridized carbons (Fsp3) is 0.706. The molecule has 1 heterocycles. The monoisotopic (exact) mass is 451 g/mol. The Bertz CT molecular complexity index is 449. The maximum Gasteiger partial charge on any atom is 0.193 e. The zero-order valence-electron chi connectivity index (χ0n) is 14.5. The largest absolute Gasteiger partial charge is 0.379 e. The Morgan fingerprint density at radius 2 is 2.30 bits per heavy atom. The topological polar surface area (TPSA) is 36.9 Å². The number of aliphatic imine (C=N–C) groups is 1. The van der Waals surface area contributed by atoms with Gasteiger partial charge in [0, 0.05) is 39.2 Å². The summed E-state index contributed by atoms with van der Waals surface area (Å²) in [4.78, 5) is 6.94. The first-order valence-electron chi connectivity index (χ1n) is 8.30. The number of ether oxygens (including phenoxy) is 1. The van der Waals surface area contributed by atoms with Gasteiger partial charge in [-0.05, 0) is 48.1 Å². The lowest BCUT2D eigenvalue weighted by molar-refractivity contribution is 0.115. The number of hydrogen-bond acceptors (Lipinski definition) is 3. The third-order valence-electron chi connectivity index (χ3n) is 3.95. The van der Waals surface area contributed by atoms with E-state index in [1.54, 1.807) is 11.3 Å². The molecular formula is C17H30IN3OS. The standard InChI is InChI=1S/C17H29N3OS.HI/c1-4-18-17(19-11-14(2)16-7-10-22-13-16)20(3)8-9-21-12-15-5-6-15;/h7,10,13-15H,4-6,8-9,11-12H2,1-3H3,(H,18,19);1H. The Labute approximate surface area is 161 Å². The van der Waals surface area contributed by atoms with Crippen LogP contribution in [0.2, 0.25) is 0 Å². The van der Waals surface area contributed by atoms with Crippen LogP contribution < -0.4 is 5.32 Å². The molecule has 0 radical (unpaired) electrons. The van der Waals surface area contributed by atoms with E-state index in [0.29, 0.717) is 5.92 Å². The highest BCUT2D eigenvalue weighted by Gasteiger charge is 2.21. The molecule has 1 unspecified atom stereocenters. The van der Waals surface area contributed by atoms with E-state index in [-0.39, 0.29) is 24.0 Å². The minimum atomic E-state index is 0. The Morgan fingerprint density at radius 3 is 2.91 bits per heavy atom. The minimum absolute atomic E-state index is 0. The van der Waals surface area contributed by atoms with Crippen molar-refractivity contribution in [1.82, 2.24) is 10.2 Å². The second-order valence-electron chi connectivity index (χ2n) is 6.09. The van der Waals surface area contributed by atoms with Crippen LogP contribution in [0.5, 0.6) is 0 Å². The van der Waals surface area contributed by atoms with Gasteiger partial charge in [0.05, 0.1) is 6.61 Å². The van der Waals surface area contributed by atoms with Crippen molar-refractivity contribution in [1.29, 1.82) is 0 Å². The number of guanidine groups is 1. The van der Waals surface area contributed by atoms with Gasteiger partial charge in [-0.2, -0.15) is 11.3 Å². The van der Waals surface area contributed by atoms with Crippen molar-refractivity contribution in [3.05, 3.63) is 22.4 Å². The number of halogens is 1. The average Bonchev–Trinajstić information content (AvgIpc) is 3.17. The van der Waals surface area contributed by atoms with Crippen LogP contribution in [-0.4, -0.2) is 50.8 Å². The highest BCUT2D eigenvalue weighted by atomic mass is 127. The zero-order chi connectivity index (χ0) is 15.8. The fourth-order valence-corrected chi connectivity index (χ4v) is 2.98. The van der Waals surface area contributed by atoms with E-state index in [1.807, 2.05) is 0 Å². The summed E-state index contributed by atoms with van der Waals surface area (Å²) in [6, 6.07) is 2.19. The normalized spacial score (nSPS) is 15.9. The van der Waals surface area contributed by atoms with Gasteiger partial charge in [0.1, 0.15) is 0 Å². The molecule has 1 aromatic heterocycles. The zero-order valence-corrected chi connectivity index (χ0v) is 17.6. The van der Waals surface area contributed by atoms with Crippen molar-refractivity contribution >= 4 is 41.3 Å². The van der Waals surface area contributed by atoms with Crippen molar-refractivity contribution in [2.45, 2.75) is 32.6 Å². The van der Waals surface area contributed by atoms with E-state index in [2.05, 4.69) is 47.9 Å². The summed E-state index contributed by atoms with van der Waals surface area (Å²) in [6.45, 7) is 8.62. The molecular weight excluding hydrogens is 421 g/mol. The van der Waals surface area contributed by atoms with Gasteiger partial charge in [-0.1, -0.05) is 6.92 Å². The number of nitrogens with one attached hydrogen (secondary N) is 1. The van der Waals surface area contributed by atoms with E-state index < -0.39 is 0 Å². The summed E-state index contributed by atoms with van der Waals surface area (Å²) in [5, 5.41) is 7.71. The van der Waals surface area contributed by atoms with Gasteiger partial charge in [-0.25, -0.2) is 0 Å². The van der Waals surface area contributed by atoms with E-state index in [4.69, 9.17) is 9.73 Å².